The molecule has 1 aromatic rings. The minimum Gasteiger partial charge on any atom is -0.369 e. The third kappa shape index (κ3) is 4.06. The normalized spacial score (nSPS) is 11.5. The maximum absolute atomic E-state index is 12.3. The second-order valence-corrected chi connectivity index (χ2v) is 3.21. The van der Waals surface area contributed by atoms with E-state index in [0.717, 1.165) is 24.9 Å². The van der Waals surface area contributed by atoms with Crippen LogP contribution in [0.2, 0.25) is 0 Å². The molecule has 0 bridgehead atoms. The molecular weight excluding hydrogens is 219 g/mol. The molecule has 0 spiro atoms. The van der Waals surface area contributed by atoms with Gasteiger partial charge in [-0.15, -0.1) is 0 Å². The molecule has 1 rings (SSSR count). The topological polar surface area (TPSA) is 37.0 Å². The van der Waals surface area contributed by atoms with Gasteiger partial charge in [0, 0.05) is 19.3 Å². The van der Waals surface area contributed by atoms with Crippen molar-refractivity contribution in [3.63, 3.8) is 0 Å². The molecule has 0 radical (unpaired) electrons. The van der Waals surface area contributed by atoms with E-state index in [2.05, 4.69) is 15.6 Å². The van der Waals surface area contributed by atoms with Crippen LogP contribution in [0.3, 0.4) is 0 Å². The van der Waals surface area contributed by atoms with Crippen LogP contribution in [-0.2, 0) is 6.18 Å². The number of nitrogens with one attached hydrogen (secondary N) is 2. The summed E-state index contributed by atoms with van der Waals surface area (Å²) >= 11 is 0. The van der Waals surface area contributed by atoms with E-state index in [1.807, 2.05) is 6.92 Å². The van der Waals surface area contributed by atoms with Gasteiger partial charge in [-0.3, -0.25) is 0 Å². The predicted molar refractivity (Wildman–Crippen MR) is 56.3 cm³/mol. The smallest absolute Gasteiger partial charge is 0.369 e. The van der Waals surface area contributed by atoms with Crippen molar-refractivity contribution in [3.8, 4) is 0 Å². The van der Waals surface area contributed by atoms with Crippen LogP contribution in [-0.4, -0.2) is 24.6 Å². The molecule has 1 heterocycles. The van der Waals surface area contributed by atoms with Crippen LogP contribution in [0, 0.1) is 0 Å². The van der Waals surface area contributed by atoms with Crippen molar-refractivity contribution in [2.24, 2.45) is 0 Å². The summed E-state index contributed by atoms with van der Waals surface area (Å²) in [6.45, 7) is 4.02. The molecule has 0 aliphatic carbocycles. The lowest BCUT2D eigenvalue weighted by Gasteiger charge is -2.09. The average Bonchev–Trinajstić information content (AvgIpc) is 2.24. The number of hydrogen-bond acceptors (Lipinski definition) is 3. The Hall–Kier alpha value is -1.30. The maximum Gasteiger partial charge on any atom is 0.416 e. The standard InChI is InChI=1S/C10H14F3N3/c1-2-14-5-6-16-9-7-8(3-4-15-9)10(11,12)13/h3-4,7,14H,2,5-6H2,1H3,(H,15,16). The Morgan fingerprint density at radius 3 is 2.69 bits per heavy atom. The first-order chi connectivity index (χ1) is 7.54. The third-order valence-corrected chi connectivity index (χ3v) is 1.95. The van der Waals surface area contributed by atoms with Crippen molar-refractivity contribution < 1.29 is 13.2 Å². The fourth-order valence-electron chi connectivity index (χ4n) is 1.16. The van der Waals surface area contributed by atoms with Gasteiger partial charge >= 0.3 is 6.18 Å². The van der Waals surface area contributed by atoms with Crippen LogP contribution < -0.4 is 10.6 Å². The lowest BCUT2D eigenvalue weighted by Crippen LogP contribution is -2.22. The molecule has 0 saturated heterocycles. The highest BCUT2D eigenvalue weighted by Gasteiger charge is 2.30. The lowest BCUT2D eigenvalue weighted by atomic mass is 10.2. The molecule has 90 valence electrons. The predicted octanol–water partition coefficient (Wildman–Crippen LogP) is 2.12. The second-order valence-electron chi connectivity index (χ2n) is 3.21. The van der Waals surface area contributed by atoms with Gasteiger partial charge in [0.1, 0.15) is 5.82 Å². The van der Waals surface area contributed by atoms with Crippen molar-refractivity contribution in [3.05, 3.63) is 23.9 Å². The zero-order valence-electron chi connectivity index (χ0n) is 8.93. The van der Waals surface area contributed by atoms with Crippen LogP contribution in [0.1, 0.15) is 12.5 Å². The molecule has 0 unspecified atom stereocenters. The summed E-state index contributed by atoms with van der Waals surface area (Å²) in [5, 5.41) is 5.87. The number of nitrogens with zero attached hydrogens (tertiary/aromatic N) is 1. The quantitative estimate of drug-likeness (QED) is 0.765. The molecule has 2 N–H and O–H groups in total. The van der Waals surface area contributed by atoms with E-state index in [-0.39, 0.29) is 5.82 Å². The summed E-state index contributed by atoms with van der Waals surface area (Å²) < 4.78 is 37.0. The first-order valence-electron chi connectivity index (χ1n) is 5.02. The second kappa shape index (κ2) is 5.69. The number of anilines is 1. The molecule has 3 nitrogen and oxygen atoms in total. The molecule has 0 aliphatic rings. The molecule has 0 aromatic carbocycles. The Bertz CT molecular complexity index is 325. The van der Waals surface area contributed by atoms with E-state index in [4.69, 9.17) is 0 Å². The van der Waals surface area contributed by atoms with Gasteiger partial charge in [0.2, 0.25) is 0 Å². The monoisotopic (exact) mass is 233 g/mol. The van der Waals surface area contributed by atoms with E-state index in [0.29, 0.717) is 13.1 Å². The van der Waals surface area contributed by atoms with Crippen LogP contribution >= 0.6 is 0 Å². The van der Waals surface area contributed by atoms with Gasteiger partial charge in [0.05, 0.1) is 5.56 Å². The number of alkyl halides is 3. The molecule has 0 saturated carbocycles. The highest BCUT2D eigenvalue weighted by Crippen LogP contribution is 2.29. The molecule has 0 fully saturated rings. The average molecular weight is 233 g/mol. The molecule has 0 atom stereocenters. The van der Waals surface area contributed by atoms with Crippen molar-refractivity contribution in [2.45, 2.75) is 13.1 Å². The van der Waals surface area contributed by atoms with Crippen molar-refractivity contribution in [1.29, 1.82) is 0 Å². The minimum absolute atomic E-state index is 0.243. The number of aromatic nitrogens is 1. The summed E-state index contributed by atoms with van der Waals surface area (Å²) in [6.07, 6.45) is -3.17. The van der Waals surface area contributed by atoms with Crippen molar-refractivity contribution in [1.82, 2.24) is 10.3 Å². The highest BCUT2D eigenvalue weighted by atomic mass is 19.4. The maximum atomic E-state index is 12.3. The number of halogens is 3. The summed E-state index contributed by atoms with van der Waals surface area (Å²) in [4.78, 5) is 3.81. The lowest BCUT2D eigenvalue weighted by molar-refractivity contribution is -0.137. The van der Waals surface area contributed by atoms with Gasteiger partial charge in [0.15, 0.2) is 0 Å². The SMILES string of the molecule is CCNCCNc1cc(C(F)(F)F)ccn1. The third-order valence-electron chi connectivity index (χ3n) is 1.95. The number of likely N-dealkylation sites (N-methyl/N-ethyl adjacent to an activating group) is 1. The van der Waals surface area contributed by atoms with Gasteiger partial charge < -0.3 is 10.6 Å². The van der Waals surface area contributed by atoms with E-state index in [1.54, 1.807) is 0 Å². The number of pyridine rings is 1. The van der Waals surface area contributed by atoms with Gasteiger partial charge in [-0.25, -0.2) is 4.98 Å². The Morgan fingerprint density at radius 1 is 1.31 bits per heavy atom. The Kier molecular flexibility index (Phi) is 4.54. The fraction of sp³-hybridized carbons (Fsp3) is 0.500. The number of hydrogen-bond donors (Lipinski definition) is 2. The Balaban J connectivity index is 2.54. The van der Waals surface area contributed by atoms with Gasteiger partial charge in [0.25, 0.3) is 0 Å². The molecule has 0 aliphatic heterocycles. The summed E-state index contributed by atoms with van der Waals surface area (Å²) in [6, 6.07) is 1.96. The molecule has 0 amide bonds. The van der Waals surface area contributed by atoms with Gasteiger partial charge in [-0.2, -0.15) is 13.2 Å². The van der Waals surface area contributed by atoms with Gasteiger partial charge in [-0.05, 0) is 18.7 Å². The highest BCUT2D eigenvalue weighted by molar-refractivity contribution is 5.38. The minimum atomic E-state index is -4.32. The van der Waals surface area contributed by atoms with Crippen LogP contribution in [0.5, 0.6) is 0 Å². The first-order valence-corrected chi connectivity index (χ1v) is 5.02. The summed E-state index contributed by atoms with van der Waals surface area (Å²) in [5.41, 5.74) is -0.687. The zero-order chi connectivity index (χ0) is 12.0. The van der Waals surface area contributed by atoms with E-state index in [9.17, 15) is 13.2 Å². The molecular formula is C10H14F3N3. The van der Waals surface area contributed by atoms with Crippen LogP contribution in [0.25, 0.3) is 0 Å². The van der Waals surface area contributed by atoms with E-state index >= 15 is 0 Å². The first kappa shape index (κ1) is 12.8. The summed E-state index contributed by atoms with van der Waals surface area (Å²) in [5.74, 6) is 0.243. The van der Waals surface area contributed by atoms with Crippen LogP contribution in [0.4, 0.5) is 19.0 Å². The molecule has 1 aromatic heterocycles. The molecule has 16 heavy (non-hydrogen) atoms. The van der Waals surface area contributed by atoms with Gasteiger partial charge in [-0.1, -0.05) is 6.92 Å². The van der Waals surface area contributed by atoms with Crippen LogP contribution in [0.15, 0.2) is 18.3 Å². The molecule has 6 heteroatoms. The van der Waals surface area contributed by atoms with Crippen molar-refractivity contribution in [2.75, 3.05) is 25.0 Å². The largest absolute Gasteiger partial charge is 0.416 e. The summed E-state index contributed by atoms with van der Waals surface area (Å²) in [7, 11) is 0. The van der Waals surface area contributed by atoms with E-state index < -0.39 is 11.7 Å². The van der Waals surface area contributed by atoms with E-state index in [1.165, 1.54) is 0 Å². The Labute approximate surface area is 92.1 Å². The van der Waals surface area contributed by atoms with Crippen molar-refractivity contribution >= 4 is 5.82 Å². The fourth-order valence-corrected chi connectivity index (χ4v) is 1.16. The zero-order valence-corrected chi connectivity index (χ0v) is 8.93. The Morgan fingerprint density at radius 2 is 2.06 bits per heavy atom. The number of rotatable bonds is 5.